The molecule has 8 heteroatoms. The van der Waals surface area contributed by atoms with Crippen LogP contribution in [-0.4, -0.2) is 18.5 Å². The van der Waals surface area contributed by atoms with Gasteiger partial charge in [0.05, 0.1) is 0 Å². The van der Waals surface area contributed by atoms with Gasteiger partial charge in [-0.3, -0.25) is 0 Å². The highest BCUT2D eigenvalue weighted by molar-refractivity contribution is 5.00. The zero-order valence-electron chi connectivity index (χ0n) is 6.39. The van der Waals surface area contributed by atoms with Crippen molar-refractivity contribution in [1.82, 2.24) is 0 Å². The molecule has 0 aromatic heterocycles. The number of alkyl halides is 7. The first-order valence-corrected chi connectivity index (χ1v) is 3.18. The fourth-order valence-corrected chi connectivity index (χ4v) is 0.456. The van der Waals surface area contributed by atoms with Crippen LogP contribution in [0, 0.1) is 0 Å². The van der Waals surface area contributed by atoms with Crippen LogP contribution < -0.4 is 0 Å². The standard InChI is InChI=1S/C6H4F8/c7-3(5(9,10)11)1-2-4(8)6(12,13)14/h1,4H,2H2. The van der Waals surface area contributed by atoms with Gasteiger partial charge in [0.25, 0.3) is 0 Å². The minimum absolute atomic E-state index is 0.474. The molecule has 0 spiro atoms. The molecule has 0 N–H and O–H groups in total. The maximum Gasteiger partial charge on any atom is 0.442 e. The normalized spacial score (nSPS) is 17.0. The Hall–Kier alpha value is -0.820. The summed E-state index contributed by atoms with van der Waals surface area (Å²) in [5.41, 5.74) is 0. The van der Waals surface area contributed by atoms with E-state index in [9.17, 15) is 35.1 Å². The lowest BCUT2D eigenvalue weighted by atomic mass is 10.2. The molecule has 1 unspecified atom stereocenters. The molecule has 0 saturated carbocycles. The largest absolute Gasteiger partial charge is 0.442 e. The molecule has 84 valence electrons. The van der Waals surface area contributed by atoms with Gasteiger partial charge in [0.15, 0.2) is 12.0 Å². The molecule has 0 heterocycles. The smallest absolute Gasteiger partial charge is 0.237 e. The number of allylic oxidation sites excluding steroid dienone is 2. The van der Waals surface area contributed by atoms with Crippen LogP contribution in [0.4, 0.5) is 35.1 Å². The molecule has 14 heavy (non-hydrogen) atoms. The summed E-state index contributed by atoms with van der Waals surface area (Å²) < 4.78 is 92.0. The highest BCUT2D eigenvalue weighted by Crippen LogP contribution is 2.30. The summed E-state index contributed by atoms with van der Waals surface area (Å²) in [6.45, 7) is 0. The Bertz CT molecular complexity index is 209. The lowest BCUT2D eigenvalue weighted by Gasteiger charge is -2.10. The van der Waals surface area contributed by atoms with Crippen LogP contribution in [0.3, 0.4) is 0 Å². The quantitative estimate of drug-likeness (QED) is 0.632. The SMILES string of the molecule is FC(=CCC(F)C(F)(F)F)C(F)(F)F. The molecule has 0 aromatic carbocycles. The number of hydrogen-bond donors (Lipinski definition) is 0. The number of rotatable bonds is 2. The van der Waals surface area contributed by atoms with E-state index in [4.69, 9.17) is 0 Å². The highest BCUT2D eigenvalue weighted by Gasteiger charge is 2.40. The second kappa shape index (κ2) is 4.14. The molecule has 0 fully saturated rings. The van der Waals surface area contributed by atoms with E-state index in [0.29, 0.717) is 0 Å². The van der Waals surface area contributed by atoms with Gasteiger partial charge in [0.1, 0.15) is 0 Å². The molecule has 0 bridgehead atoms. The zero-order chi connectivity index (χ0) is 11.6. The van der Waals surface area contributed by atoms with Gasteiger partial charge in [0.2, 0.25) is 0 Å². The Labute approximate surface area is 73.2 Å². The third-order valence-electron chi connectivity index (χ3n) is 1.13. The zero-order valence-corrected chi connectivity index (χ0v) is 6.39. The van der Waals surface area contributed by atoms with Gasteiger partial charge in [-0.15, -0.1) is 0 Å². The minimum Gasteiger partial charge on any atom is -0.237 e. The molecule has 0 amide bonds. The average Bonchev–Trinajstić information content (AvgIpc) is 1.95. The van der Waals surface area contributed by atoms with E-state index >= 15 is 0 Å². The Morgan fingerprint density at radius 3 is 1.79 bits per heavy atom. The summed E-state index contributed by atoms with van der Waals surface area (Å²) in [6, 6.07) is 0. The first-order valence-electron chi connectivity index (χ1n) is 3.18. The minimum atomic E-state index is -5.37. The van der Waals surface area contributed by atoms with Crippen molar-refractivity contribution < 1.29 is 35.1 Å². The number of halogens is 8. The Morgan fingerprint density at radius 2 is 1.50 bits per heavy atom. The van der Waals surface area contributed by atoms with Gasteiger partial charge in [-0.25, -0.2) is 8.78 Å². The highest BCUT2D eigenvalue weighted by atomic mass is 19.4. The molecule has 0 aliphatic rings. The van der Waals surface area contributed by atoms with Crippen molar-refractivity contribution in [2.75, 3.05) is 0 Å². The van der Waals surface area contributed by atoms with Crippen molar-refractivity contribution in [3.63, 3.8) is 0 Å². The predicted molar refractivity (Wildman–Crippen MR) is 30.8 cm³/mol. The van der Waals surface area contributed by atoms with Gasteiger partial charge >= 0.3 is 12.4 Å². The van der Waals surface area contributed by atoms with Crippen molar-refractivity contribution in [1.29, 1.82) is 0 Å². The fraction of sp³-hybridized carbons (Fsp3) is 0.667. The molecule has 1 atom stereocenters. The average molecular weight is 228 g/mol. The topological polar surface area (TPSA) is 0 Å². The molecule has 0 nitrogen and oxygen atoms in total. The summed E-state index contributed by atoms with van der Waals surface area (Å²) >= 11 is 0. The summed E-state index contributed by atoms with van der Waals surface area (Å²) in [5, 5.41) is 0. The Kier molecular flexibility index (Phi) is 3.90. The van der Waals surface area contributed by atoms with Crippen molar-refractivity contribution in [3.8, 4) is 0 Å². The Morgan fingerprint density at radius 1 is 1.07 bits per heavy atom. The van der Waals surface area contributed by atoms with E-state index in [1.54, 1.807) is 0 Å². The lowest BCUT2D eigenvalue weighted by Crippen LogP contribution is -2.23. The molecule has 0 aliphatic heterocycles. The molecular formula is C6H4F8. The van der Waals surface area contributed by atoms with Crippen LogP contribution in [0.25, 0.3) is 0 Å². The van der Waals surface area contributed by atoms with Crippen molar-refractivity contribution in [2.24, 2.45) is 0 Å². The van der Waals surface area contributed by atoms with Crippen LogP contribution in [0.1, 0.15) is 6.42 Å². The molecule has 0 saturated heterocycles. The van der Waals surface area contributed by atoms with Crippen LogP contribution in [0.5, 0.6) is 0 Å². The maximum atomic E-state index is 12.0. The second-order valence-electron chi connectivity index (χ2n) is 2.29. The lowest BCUT2D eigenvalue weighted by molar-refractivity contribution is -0.179. The van der Waals surface area contributed by atoms with Gasteiger partial charge < -0.3 is 0 Å². The molecule has 0 aliphatic carbocycles. The maximum absolute atomic E-state index is 12.0. The van der Waals surface area contributed by atoms with Gasteiger partial charge in [-0.2, -0.15) is 26.3 Å². The monoisotopic (exact) mass is 228 g/mol. The van der Waals surface area contributed by atoms with E-state index in [1.807, 2.05) is 0 Å². The second-order valence-corrected chi connectivity index (χ2v) is 2.29. The van der Waals surface area contributed by atoms with Crippen molar-refractivity contribution >= 4 is 0 Å². The van der Waals surface area contributed by atoms with Gasteiger partial charge in [0, 0.05) is 6.42 Å². The predicted octanol–water partition coefficient (Wildman–Crippen LogP) is 3.69. The summed E-state index contributed by atoms with van der Waals surface area (Å²) in [4.78, 5) is 0. The summed E-state index contributed by atoms with van der Waals surface area (Å²) in [6.07, 6.45) is -16.3. The summed E-state index contributed by atoms with van der Waals surface area (Å²) in [5.74, 6) is -2.73. The Balaban J connectivity index is 4.31. The van der Waals surface area contributed by atoms with E-state index in [1.165, 1.54) is 0 Å². The first-order chi connectivity index (χ1) is 6.05. The van der Waals surface area contributed by atoms with Crippen LogP contribution >= 0.6 is 0 Å². The summed E-state index contributed by atoms with van der Waals surface area (Å²) in [7, 11) is 0. The van der Waals surface area contributed by atoms with E-state index < -0.39 is 36.8 Å². The van der Waals surface area contributed by atoms with E-state index in [2.05, 4.69) is 0 Å². The van der Waals surface area contributed by atoms with Crippen molar-refractivity contribution in [3.05, 3.63) is 11.9 Å². The van der Waals surface area contributed by atoms with Crippen molar-refractivity contribution in [2.45, 2.75) is 24.9 Å². The van der Waals surface area contributed by atoms with E-state index in [-0.39, 0.29) is 0 Å². The third-order valence-corrected chi connectivity index (χ3v) is 1.13. The molecular weight excluding hydrogens is 224 g/mol. The van der Waals surface area contributed by atoms with Crippen LogP contribution in [0.15, 0.2) is 11.9 Å². The molecule has 0 radical (unpaired) electrons. The first kappa shape index (κ1) is 13.2. The fourth-order valence-electron chi connectivity index (χ4n) is 0.456. The van der Waals surface area contributed by atoms with Crippen LogP contribution in [0.2, 0.25) is 0 Å². The van der Waals surface area contributed by atoms with Crippen LogP contribution in [-0.2, 0) is 0 Å². The number of hydrogen-bond acceptors (Lipinski definition) is 0. The van der Waals surface area contributed by atoms with Gasteiger partial charge in [-0.1, -0.05) is 0 Å². The van der Waals surface area contributed by atoms with E-state index in [0.717, 1.165) is 0 Å². The molecule has 0 aromatic rings. The molecule has 0 rings (SSSR count). The van der Waals surface area contributed by atoms with Gasteiger partial charge in [-0.05, 0) is 6.08 Å². The third kappa shape index (κ3) is 4.43.